The predicted molar refractivity (Wildman–Crippen MR) is 90.4 cm³/mol. The van der Waals surface area contributed by atoms with Gasteiger partial charge in [-0.15, -0.1) is 10.2 Å². The van der Waals surface area contributed by atoms with Gasteiger partial charge in [-0.25, -0.2) is 0 Å². The number of H-pyrrole nitrogens is 1. The van der Waals surface area contributed by atoms with Crippen LogP contribution in [0.5, 0.6) is 0 Å². The first-order valence-electron chi connectivity index (χ1n) is 7.59. The number of hydrogen-bond acceptors (Lipinski definition) is 6. The van der Waals surface area contributed by atoms with Crippen molar-refractivity contribution in [1.82, 2.24) is 15.2 Å². The number of para-hydroxylation sites is 1. The summed E-state index contributed by atoms with van der Waals surface area (Å²) in [6.07, 6.45) is 1.89. The largest absolute Gasteiger partial charge is 0.371 e. The highest BCUT2D eigenvalue weighted by Crippen LogP contribution is 2.32. The molecule has 3 heterocycles. The van der Waals surface area contributed by atoms with Crippen molar-refractivity contribution in [1.29, 1.82) is 0 Å². The number of amides is 1. The Hall–Kier alpha value is -2.58. The van der Waals surface area contributed by atoms with Crippen LogP contribution in [0.4, 0.5) is 5.13 Å². The lowest BCUT2D eigenvalue weighted by molar-refractivity contribution is 0.102. The van der Waals surface area contributed by atoms with E-state index in [1.165, 1.54) is 17.4 Å². The molecule has 2 N–H and O–H groups in total. The third-order valence-electron chi connectivity index (χ3n) is 3.86. The summed E-state index contributed by atoms with van der Waals surface area (Å²) in [6, 6.07) is 8.46. The molecule has 0 saturated carbocycles. The standard InChI is InChI=1S/C16H14N4O3S/c21-13-8-10(9-4-1-2-5-11(9)17-13)14(22)18-16-20-19-15(24-16)12-6-3-7-23-12/h1-2,4-5,8,12H,3,6-7H2,(H,17,21)(H,18,20,22)/t12-/m1/s1. The first-order chi connectivity index (χ1) is 11.7. The molecular weight excluding hydrogens is 328 g/mol. The number of hydrogen-bond donors (Lipinski definition) is 2. The Bertz CT molecular complexity index is 959. The van der Waals surface area contributed by atoms with Gasteiger partial charge in [0.1, 0.15) is 11.1 Å². The SMILES string of the molecule is O=C(Nc1nnc([C@H]2CCCO2)s1)c1cc(=O)[nH]c2ccccc12. The second kappa shape index (κ2) is 6.14. The van der Waals surface area contributed by atoms with E-state index in [0.29, 0.717) is 21.6 Å². The Labute approximate surface area is 140 Å². The molecule has 0 spiro atoms. The average molecular weight is 342 g/mol. The number of aromatic nitrogens is 3. The van der Waals surface area contributed by atoms with Crippen LogP contribution in [0.3, 0.4) is 0 Å². The van der Waals surface area contributed by atoms with E-state index < -0.39 is 0 Å². The molecule has 8 heteroatoms. The van der Waals surface area contributed by atoms with Crippen LogP contribution in [0.25, 0.3) is 10.9 Å². The number of fused-ring (bicyclic) bond motifs is 1. The molecule has 2 aromatic heterocycles. The normalized spacial score (nSPS) is 17.2. The summed E-state index contributed by atoms with van der Waals surface area (Å²) in [5.41, 5.74) is 0.604. The number of carbonyl (C=O) groups excluding carboxylic acids is 1. The van der Waals surface area contributed by atoms with Gasteiger partial charge in [0.05, 0.1) is 5.56 Å². The molecule has 0 unspecified atom stereocenters. The first-order valence-corrected chi connectivity index (χ1v) is 8.41. The van der Waals surface area contributed by atoms with E-state index in [1.54, 1.807) is 18.2 Å². The van der Waals surface area contributed by atoms with Crippen LogP contribution in [-0.4, -0.2) is 27.7 Å². The van der Waals surface area contributed by atoms with Crippen LogP contribution in [0.15, 0.2) is 35.1 Å². The Morgan fingerprint density at radius 3 is 3.04 bits per heavy atom. The molecule has 1 fully saturated rings. The minimum absolute atomic E-state index is 0.0337. The van der Waals surface area contributed by atoms with E-state index in [1.807, 2.05) is 6.07 Å². The number of nitrogens with zero attached hydrogens (tertiary/aromatic N) is 2. The topological polar surface area (TPSA) is 97.0 Å². The fourth-order valence-corrected chi connectivity index (χ4v) is 3.57. The molecule has 1 aromatic carbocycles. The van der Waals surface area contributed by atoms with Crippen molar-refractivity contribution in [3.63, 3.8) is 0 Å². The Morgan fingerprint density at radius 1 is 1.33 bits per heavy atom. The van der Waals surface area contributed by atoms with Gasteiger partial charge in [-0.3, -0.25) is 14.9 Å². The quantitative estimate of drug-likeness (QED) is 0.762. The highest BCUT2D eigenvalue weighted by Gasteiger charge is 2.22. The van der Waals surface area contributed by atoms with Gasteiger partial charge in [-0.05, 0) is 18.9 Å². The molecule has 3 aromatic rings. The van der Waals surface area contributed by atoms with Gasteiger partial charge in [-0.1, -0.05) is 29.5 Å². The van der Waals surface area contributed by atoms with Gasteiger partial charge in [0.15, 0.2) is 0 Å². The maximum atomic E-state index is 12.6. The van der Waals surface area contributed by atoms with Crippen molar-refractivity contribution in [3.8, 4) is 0 Å². The third kappa shape index (κ3) is 2.81. The lowest BCUT2D eigenvalue weighted by Crippen LogP contribution is -2.16. The fraction of sp³-hybridized carbons (Fsp3) is 0.250. The molecular formula is C16H14N4O3S. The van der Waals surface area contributed by atoms with Crippen molar-refractivity contribution in [2.75, 3.05) is 11.9 Å². The van der Waals surface area contributed by atoms with E-state index in [0.717, 1.165) is 24.5 Å². The van der Waals surface area contributed by atoms with Gasteiger partial charge in [0.2, 0.25) is 10.7 Å². The summed E-state index contributed by atoms with van der Waals surface area (Å²) < 4.78 is 5.57. The zero-order chi connectivity index (χ0) is 16.5. The summed E-state index contributed by atoms with van der Waals surface area (Å²) >= 11 is 1.30. The Kier molecular flexibility index (Phi) is 3.83. The van der Waals surface area contributed by atoms with Gasteiger partial charge in [0, 0.05) is 23.6 Å². The average Bonchev–Trinajstić information content (AvgIpc) is 3.25. The minimum atomic E-state index is -0.382. The monoisotopic (exact) mass is 342 g/mol. The number of carbonyl (C=O) groups is 1. The zero-order valence-corrected chi connectivity index (χ0v) is 13.4. The van der Waals surface area contributed by atoms with Crippen LogP contribution in [0, 0.1) is 0 Å². The second-order valence-electron chi connectivity index (χ2n) is 5.49. The molecule has 0 aliphatic carbocycles. The van der Waals surface area contributed by atoms with E-state index in [2.05, 4.69) is 20.5 Å². The number of rotatable bonds is 3. The summed E-state index contributed by atoms with van der Waals surface area (Å²) in [6.45, 7) is 0.727. The van der Waals surface area contributed by atoms with Gasteiger partial charge < -0.3 is 9.72 Å². The van der Waals surface area contributed by atoms with Crippen molar-refractivity contribution in [2.45, 2.75) is 18.9 Å². The smallest absolute Gasteiger partial charge is 0.258 e. The first kappa shape index (κ1) is 15.0. The van der Waals surface area contributed by atoms with E-state index in [9.17, 15) is 9.59 Å². The molecule has 7 nitrogen and oxygen atoms in total. The fourth-order valence-electron chi connectivity index (χ4n) is 2.74. The van der Waals surface area contributed by atoms with Crippen LogP contribution in [0.1, 0.15) is 34.3 Å². The zero-order valence-electron chi connectivity index (χ0n) is 12.6. The van der Waals surface area contributed by atoms with Crippen LogP contribution >= 0.6 is 11.3 Å². The number of pyridine rings is 1. The Balaban J connectivity index is 1.62. The Morgan fingerprint density at radius 2 is 2.21 bits per heavy atom. The summed E-state index contributed by atoms with van der Waals surface area (Å²) in [7, 11) is 0. The van der Waals surface area contributed by atoms with Crippen molar-refractivity contribution < 1.29 is 9.53 Å². The highest BCUT2D eigenvalue weighted by atomic mass is 32.1. The summed E-state index contributed by atoms with van der Waals surface area (Å²) in [4.78, 5) is 27.0. The molecule has 1 aliphatic heterocycles. The van der Waals surface area contributed by atoms with E-state index in [-0.39, 0.29) is 17.6 Å². The van der Waals surface area contributed by atoms with Gasteiger partial charge in [0.25, 0.3) is 5.91 Å². The van der Waals surface area contributed by atoms with Crippen LogP contribution in [0.2, 0.25) is 0 Å². The lowest BCUT2D eigenvalue weighted by atomic mass is 10.1. The molecule has 0 bridgehead atoms. The van der Waals surface area contributed by atoms with Gasteiger partial charge >= 0.3 is 0 Å². The molecule has 4 rings (SSSR count). The minimum Gasteiger partial charge on any atom is -0.371 e. The third-order valence-corrected chi connectivity index (χ3v) is 4.79. The number of nitrogens with one attached hydrogen (secondary N) is 2. The molecule has 24 heavy (non-hydrogen) atoms. The summed E-state index contributed by atoms with van der Waals surface area (Å²) in [5.74, 6) is -0.382. The predicted octanol–water partition coefficient (Wildman–Crippen LogP) is 2.48. The van der Waals surface area contributed by atoms with E-state index >= 15 is 0 Å². The number of anilines is 1. The number of aromatic amines is 1. The molecule has 0 radical (unpaired) electrons. The molecule has 1 saturated heterocycles. The van der Waals surface area contributed by atoms with E-state index in [4.69, 9.17) is 4.74 Å². The van der Waals surface area contributed by atoms with Crippen molar-refractivity contribution >= 4 is 33.3 Å². The molecule has 1 aliphatic rings. The van der Waals surface area contributed by atoms with Crippen LogP contribution in [-0.2, 0) is 4.74 Å². The maximum Gasteiger partial charge on any atom is 0.258 e. The lowest BCUT2D eigenvalue weighted by Gasteiger charge is -2.05. The second-order valence-corrected chi connectivity index (χ2v) is 6.50. The number of benzene rings is 1. The molecule has 1 atom stereocenters. The summed E-state index contributed by atoms with van der Waals surface area (Å²) in [5, 5.41) is 12.6. The van der Waals surface area contributed by atoms with Gasteiger partial charge in [-0.2, -0.15) is 0 Å². The molecule has 122 valence electrons. The van der Waals surface area contributed by atoms with Crippen molar-refractivity contribution in [3.05, 3.63) is 51.3 Å². The highest BCUT2D eigenvalue weighted by molar-refractivity contribution is 7.15. The molecule has 1 amide bonds. The maximum absolute atomic E-state index is 12.6. The van der Waals surface area contributed by atoms with Crippen LogP contribution < -0.4 is 10.9 Å². The van der Waals surface area contributed by atoms with Crippen molar-refractivity contribution in [2.24, 2.45) is 0 Å². The number of ether oxygens (including phenoxy) is 1.